The number of carbonyl (C=O) groups is 2. The quantitative estimate of drug-likeness (QED) is 0.234. The van der Waals surface area contributed by atoms with E-state index in [-0.39, 0.29) is 29.5 Å². The Morgan fingerprint density at radius 2 is 1.77 bits per heavy atom. The number of nitrogens with zero attached hydrogens (tertiary/aromatic N) is 3. The molecule has 1 aromatic carbocycles. The average Bonchev–Trinajstić information content (AvgIpc) is 2.92. The van der Waals surface area contributed by atoms with E-state index < -0.39 is 47.3 Å². The molecule has 1 aliphatic rings. The predicted octanol–water partition coefficient (Wildman–Crippen LogP) is -0.194. The van der Waals surface area contributed by atoms with Crippen LogP contribution >= 0.6 is 0 Å². The summed E-state index contributed by atoms with van der Waals surface area (Å²) in [4.78, 5) is 55.1. The maximum absolute atomic E-state index is 12.6. The van der Waals surface area contributed by atoms with E-state index in [1.165, 1.54) is 18.2 Å². The Balaban J connectivity index is 2.05. The standard InChI is InChI=1S/C17H22N4O10/c1-10(2)18-6-11(22)8-29-12-3-4-14-15(5-12)17(24)19(16(14)23)7-13(31-21(27)28)9-30-20(25)26/h3-5,10-11,13,18,22H,6-9H2,1-2H3. The van der Waals surface area contributed by atoms with Crippen molar-refractivity contribution in [3.05, 3.63) is 49.6 Å². The summed E-state index contributed by atoms with van der Waals surface area (Å²) in [6, 6.07) is 4.29. The molecule has 0 saturated heterocycles. The second-order valence-electron chi connectivity index (χ2n) is 6.93. The summed E-state index contributed by atoms with van der Waals surface area (Å²) in [6.07, 6.45) is -2.35. The molecule has 0 saturated carbocycles. The van der Waals surface area contributed by atoms with Gasteiger partial charge in [0.25, 0.3) is 22.0 Å². The summed E-state index contributed by atoms with van der Waals surface area (Å²) in [5, 5.41) is 31.5. The van der Waals surface area contributed by atoms with E-state index in [1.807, 2.05) is 13.8 Å². The van der Waals surface area contributed by atoms with Crippen molar-refractivity contribution < 1.29 is 39.3 Å². The SMILES string of the molecule is CC(C)NCC(O)COc1ccc2c(c1)C(=O)N(CC(CO[N+](=O)[O-])O[N+](=O)[O-])C2=O. The summed E-state index contributed by atoms with van der Waals surface area (Å²) in [7, 11) is 0. The first-order valence-corrected chi connectivity index (χ1v) is 9.21. The van der Waals surface area contributed by atoms with Crippen LogP contribution in [0.5, 0.6) is 5.75 Å². The van der Waals surface area contributed by atoms with Gasteiger partial charge in [0.05, 0.1) is 17.7 Å². The van der Waals surface area contributed by atoms with Gasteiger partial charge in [0, 0.05) is 12.6 Å². The molecule has 0 aromatic heterocycles. The topological polar surface area (TPSA) is 184 Å². The number of hydrogen-bond acceptors (Lipinski definition) is 11. The number of ether oxygens (including phenoxy) is 1. The summed E-state index contributed by atoms with van der Waals surface area (Å²) in [6.45, 7) is 2.62. The van der Waals surface area contributed by atoms with Gasteiger partial charge >= 0.3 is 0 Å². The first-order valence-electron chi connectivity index (χ1n) is 9.21. The van der Waals surface area contributed by atoms with Gasteiger partial charge in [0.1, 0.15) is 31.2 Å². The predicted molar refractivity (Wildman–Crippen MR) is 101 cm³/mol. The Labute approximate surface area is 175 Å². The highest BCUT2D eigenvalue weighted by Crippen LogP contribution is 2.27. The first-order chi connectivity index (χ1) is 14.6. The number of hydrogen-bond donors (Lipinski definition) is 2. The van der Waals surface area contributed by atoms with Crippen LogP contribution in [0.15, 0.2) is 18.2 Å². The van der Waals surface area contributed by atoms with Crippen molar-refractivity contribution in [3.8, 4) is 5.75 Å². The minimum absolute atomic E-state index is 0.00709. The molecule has 1 heterocycles. The number of aliphatic hydroxyl groups is 1. The van der Waals surface area contributed by atoms with E-state index in [4.69, 9.17) is 4.74 Å². The van der Waals surface area contributed by atoms with Crippen molar-refractivity contribution >= 4 is 11.8 Å². The monoisotopic (exact) mass is 442 g/mol. The van der Waals surface area contributed by atoms with Gasteiger partial charge in [-0.2, -0.15) is 0 Å². The lowest BCUT2D eigenvalue weighted by molar-refractivity contribution is -0.789. The van der Waals surface area contributed by atoms with Crippen LogP contribution in [-0.4, -0.2) is 76.5 Å². The zero-order chi connectivity index (χ0) is 23.1. The number of aliphatic hydroxyl groups excluding tert-OH is 1. The van der Waals surface area contributed by atoms with Gasteiger partial charge in [-0.3, -0.25) is 14.5 Å². The number of benzene rings is 1. The van der Waals surface area contributed by atoms with Crippen molar-refractivity contribution in [1.29, 1.82) is 0 Å². The average molecular weight is 442 g/mol. The van der Waals surface area contributed by atoms with Crippen molar-refractivity contribution in [3.63, 3.8) is 0 Å². The maximum atomic E-state index is 12.6. The molecule has 2 N–H and O–H groups in total. The molecule has 0 radical (unpaired) electrons. The zero-order valence-corrected chi connectivity index (χ0v) is 16.8. The fourth-order valence-electron chi connectivity index (χ4n) is 2.73. The molecule has 2 rings (SSSR count). The number of amides is 2. The highest BCUT2D eigenvalue weighted by atomic mass is 17.0. The van der Waals surface area contributed by atoms with Gasteiger partial charge in [0.2, 0.25) is 0 Å². The van der Waals surface area contributed by atoms with Gasteiger partial charge in [-0.05, 0) is 18.2 Å². The molecule has 2 amide bonds. The molecule has 0 bridgehead atoms. The van der Waals surface area contributed by atoms with Gasteiger partial charge in [-0.15, -0.1) is 20.2 Å². The second-order valence-corrected chi connectivity index (χ2v) is 6.93. The molecule has 2 atom stereocenters. The van der Waals surface area contributed by atoms with Gasteiger partial charge in [-0.25, -0.2) is 0 Å². The van der Waals surface area contributed by atoms with E-state index in [9.17, 15) is 34.9 Å². The highest BCUT2D eigenvalue weighted by molar-refractivity contribution is 6.21. The van der Waals surface area contributed by atoms with E-state index in [0.29, 0.717) is 11.4 Å². The van der Waals surface area contributed by atoms with E-state index in [1.54, 1.807) is 0 Å². The third-order valence-electron chi connectivity index (χ3n) is 4.13. The summed E-state index contributed by atoms with van der Waals surface area (Å²) < 4.78 is 5.46. The van der Waals surface area contributed by atoms with E-state index in [2.05, 4.69) is 15.0 Å². The summed E-state index contributed by atoms with van der Waals surface area (Å²) in [5.41, 5.74) is 0.0294. The largest absolute Gasteiger partial charge is 0.491 e. The van der Waals surface area contributed by atoms with Crippen LogP contribution in [0.3, 0.4) is 0 Å². The fraction of sp³-hybridized carbons (Fsp3) is 0.529. The molecule has 2 unspecified atom stereocenters. The minimum Gasteiger partial charge on any atom is -0.491 e. The maximum Gasteiger partial charge on any atom is 0.294 e. The molecular formula is C17H22N4O10. The lowest BCUT2D eigenvalue weighted by Crippen LogP contribution is -2.41. The highest BCUT2D eigenvalue weighted by Gasteiger charge is 2.38. The number of fused-ring (bicyclic) bond motifs is 1. The number of carbonyl (C=O) groups excluding carboxylic acids is 2. The Morgan fingerprint density at radius 1 is 1.10 bits per heavy atom. The molecule has 14 nitrogen and oxygen atoms in total. The van der Waals surface area contributed by atoms with Crippen molar-refractivity contribution in [2.45, 2.75) is 32.1 Å². The fourth-order valence-corrected chi connectivity index (χ4v) is 2.73. The lowest BCUT2D eigenvalue weighted by atomic mass is 10.1. The summed E-state index contributed by atoms with van der Waals surface area (Å²) in [5.74, 6) is -1.28. The third kappa shape index (κ3) is 6.75. The first kappa shape index (κ1) is 23.8. The van der Waals surface area contributed by atoms with Crippen LogP contribution in [0.4, 0.5) is 0 Å². The van der Waals surface area contributed by atoms with Crippen molar-refractivity contribution in [1.82, 2.24) is 10.2 Å². The Bertz CT molecular complexity index is 846. The van der Waals surface area contributed by atoms with E-state index in [0.717, 1.165) is 0 Å². The van der Waals surface area contributed by atoms with Crippen LogP contribution in [0, 0.1) is 20.2 Å². The van der Waals surface area contributed by atoms with Gasteiger partial charge in [0.15, 0.2) is 0 Å². The second kappa shape index (κ2) is 10.5. The van der Waals surface area contributed by atoms with Crippen LogP contribution < -0.4 is 10.1 Å². The smallest absolute Gasteiger partial charge is 0.294 e. The molecule has 0 spiro atoms. The molecule has 0 fully saturated rings. The molecule has 0 aliphatic carbocycles. The van der Waals surface area contributed by atoms with Gasteiger partial charge in [-0.1, -0.05) is 13.8 Å². The van der Waals surface area contributed by atoms with Crippen LogP contribution in [0.2, 0.25) is 0 Å². The summed E-state index contributed by atoms with van der Waals surface area (Å²) >= 11 is 0. The van der Waals surface area contributed by atoms with Crippen LogP contribution in [0.25, 0.3) is 0 Å². The number of nitrogens with one attached hydrogen (secondary N) is 1. The number of imide groups is 1. The zero-order valence-electron chi connectivity index (χ0n) is 16.8. The van der Waals surface area contributed by atoms with Crippen molar-refractivity contribution in [2.75, 3.05) is 26.3 Å². The number of rotatable bonds is 13. The molecule has 31 heavy (non-hydrogen) atoms. The van der Waals surface area contributed by atoms with Crippen molar-refractivity contribution in [2.24, 2.45) is 0 Å². The minimum atomic E-state index is -1.55. The molecule has 1 aliphatic heterocycles. The van der Waals surface area contributed by atoms with Crippen LogP contribution in [-0.2, 0) is 9.68 Å². The van der Waals surface area contributed by atoms with Gasteiger partial charge < -0.3 is 24.8 Å². The molecule has 170 valence electrons. The third-order valence-corrected chi connectivity index (χ3v) is 4.13. The Kier molecular flexibility index (Phi) is 8.04. The normalized spacial score (nSPS) is 14.9. The molecule has 1 aromatic rings. The van der Waals surface area contributed by atoms with Crippen LogP contribution in [0.1, 0.15) is 34.6 Å². The van der Waals surface area contributed by atoms with E-state index >= 15 is 0 Å². The Hall–Kier alpha value is -3.52. The Morgan fingerprint density at radius 3 is 2.39 bits per heavy atom. The molecule has 14 heteroatoms. The molecular weight excluding hydrogens is 420 g/mol. The lowest BCUT2D eigenvalue weighted by Gasteiger charge is -2.20.